The first-order valence-electron chi connectivity index (χ1n) is 6.16. The second-order valence-corrected chi connectivity index (χ2v) is 6.05. The molecule has 1 N–H and O–H groups in total. The highest BCUT2D eigenvalue weighted by atomic mass is 127. The second-order valence-electron chi connectivity index (χ2n) is 4.48. The molecule has 3 rings (SSSR count). The van der Waals surface area contributed by atoms with Crippen LogP contribution in [0.1, 0.15) is 16.1 Å². The number of fused-ring (bicyclic) bond motifs is 1. The summed E-state index contributed by atoms with van der Waals surface area (Å²) in [5, 5.41) is 4.16. The van der Waals surface area contributed by atoms with Gasteiger partial charge in [-0.15, -0.1) is 0 Å². The maximum atomic E-state index is 12.4. The van der Waals surface area contributed by atoms with E-state index in [-0.39, 0.29) is 11.7 Å². The first-order chi connectivity index (χ1) is 10.1. The highest BCUT2D eigenvalue weighted by molar-refractivity contribution is 14.1. The van der Waals surface area contributed by atoms with E-state index in [0.717, 1.165) is 14.5 Å². The number of nitrogens with one attached hydrogen (secondary N) is 1. The van der Waals surface area contributed by atoms with E-state index in [2.05, 4.69) is 32.9 Å². The average molecular weight is 413 g/mol. The molecule has 21 heavy (non-hydrogen) atoms. The van der Waals surface area contributed by atoms with Gasteiger partial charge in [-0.25, -0.2) is 0 Å². The first-order valence-corrected chi connectivity index (χ1v) is 7.62. The van der Waals surface area contributed by atoms with Crippen molar-refractivity contribution >= 4 is 56.8 Å². The van der Waals surface area contributed by atoms with Crippen molar-refractivity contribution in [3.8, 4) is 0 Å². The number of hydrogen-bond acceptors (Lipinski definition) is 3. The molecular formula is C15H10ClIN2O2. The van der Waals surface area contributed by atoms with Crippen molar-refractivity contribution in [2.75, 3.05) is 5.32 Å². The van der Waals surface area contributed by atoms with Gasteiger partial charge < -0.3 is 9.73 Å². The summed E-state index contributed by atoms with van der Waals surface area (Å²) in [6.07, 6.45) is 3.30. The Hall–Kier alpha value is -1.60. The number of furan rings is 1. The molecule has 1 amide bonds. The molecule has 0 bridgehead atoms. The zero-order valence-electron chi connectivity index (χ0n) is 11.0. The summed E-state index contributed by atoms with van der Waals surface area (Å²) in [6, 6.07) is 7.19. The van der Waals surface area contributed by atoms with Crippen LogP contribution in [0.3, 0.4) is 0 Å². The molecule has 0 aliphatic rings. The number of aromatic nitrogens is 1. The number of amides is 1. The van der Waals surface area contributed by atoms with Crippen LogP contribution in [0.15, 0.2) is 41.1 Å². The summed E-state index contributed by atoms with van der Waals surface area (Å²) in [4.78, 5) is 16.4. The van der Waals surface area contributed by atoms with E-state index in [1.807, 2.05) is 19.1 Å². The summed E-state index contributed by atoms with van der Waals surface area (Å²) in [6.45, 7) is 1.84. The van der Waals surface area contributed by atoms with Gasteiger partial charge >= 0.3 is 0 Å². The van der Waals surface area contributed by atoms with Gasteiger partial charge in [-0.05, 0) is 41.6 Å². The van der Waals surface area contributed by atoms with Crippen molar-refractivity contribution in [1.82, 2.24) is 4.98 Å². The molecule has 0 saturated heterocycles. The van der Waals surface area contributed by atoms with Gasteiger partial charge in [0.2, 0.25) is 0 Å². The van der Waals surface area contributed by atoms with Crippen molar-refractivity contribution < 1.29 is 9.21 Å². The number of halogens is 2. The monoisotopic (exact) mass is 412 g/mol. The Morgan fingerprint density at radius 1 is 1.38 bits per heavy atom. The van der Waals surface area contributed by atoms with E-state index in [0.29, 0.717) is 16.3 Å². The molecule has 0 radical (unpaired) electrons. The molecule has 0 aliphatic heterocycles. The summed E-state index contributed by atoms with van der Waals surface area (Å²) >= 11 is 8.21. The lowest BCUT2D eigenvalue weighted by Gasteiger charge is -2.05. The van der Waals surface area contributed by atoms with Crippen LogP contribution in [0.25, 0.3) is 11.0 Å². The Balaban J connectivity index is 2.01. The zero-order valence-corrected chi connectivity index (χ0v) is 13.9. The Bertz CT molecular complexity index is 845. The number of carbonyl (C=O) groups is 1. The van der Waals surface area contributed by atoms with E-state index in [1.165, 1.54) is 0 Å². The average Bonchev–Trinajstić information content (AvgIpc) is 2.81. The zero-order chi connectivity index (χ0) is 15.0. The Morgan fingerprint density at radius 2 is 2.19 bits per heavy atom. The third-order valence-electron chi connectivity index (χ3n) is 3.14. The van der Waals surface area contributed by atoms with Crippen LogP contribution in [-0.4, -0.2) is 10.9 Å². The van der Waals surface area contributed by atoms with Crippen molar-refractivity contribution in [3.05, 3.63) is 56.6 Å². The number of anilines is 1. The topological polar surface area (TPSA) is 55.1 Å². The molecule has 6 heteroatoms. The molecule has 0 atom stereocenters. The number of hydrogen-bond donors (Lipinski definition) is 1. The first kappa shape index (κ1) is 14.3. The van der Waals surface area contributed by atoms with Crippen molar-refractivity contribution in [2.45, 2.75) is 6.92 Å². The minimum Gasteiger partial charge on any atom is -0.449 e. The van der Waals surface area contributed by atoms with Crippen LogP contribution in [0.5, 0.6) is 0 Å². The molecule has 2 heterocycles. The number of para-hydroxylation sites is 1. The van der Waals surface area contributed by atoms with Gasteiger partial charge in [0.15, 0.2) is 11.3 Å². The molecule has 0 fully saturated rings. The summed E-state index contributed by atoms with van der Waals surface area (Å²) in [5.41, 5.74) is 2.00. The molecule has 0 unspecified atom stereocenters. The maximum Gasteiger partial charge on any atom is 0.291 e. The van der Waals surface area contributed by atoms with E-state index < -0.39 is 0 Å². The van der Waals surface area contributed by atoms with Crippen LogP contribution in [0.4, 0.5) is 5.69 Å². The number of benzene rings is 1. The molecular weight excluding hydrogens is 403 g/mol. The van der Waals surface area contributed by atoms with Gasteiger partial charge in [0.05, 0.1) is 14.3 Å². The lowest BCUT2D eigenvalue weighted by Crippen LogP contribution is -2.13. The number of nitrogens with zero attached hydrogens (tertiary/aromatic N) is 1. The van der Waals surface area contributed by atoms with Gasteiger partial charge in [0.1, 0.15) is 0 Å². The summed E-state index contributed by atoms with van der Waals surface area (Å²) in [7, 11) is 0. The van der Waals surface area contributed by atoms with Crippen molar-refractivity contribution in [1.29, 1.82) is 0 Å². The number of carbonyl (C=O) groups excluding carboxylic acids is 1. The highest BCUT2D eigenvalue weighted by Gasteiger charge is 2.19. The quantitative estimate of drug-likeness (QED) is 0.624. The van der Waals surface area contributed by atoms with E-state index in [4.69, 9.17) is 16.0 Å². The third-order valence-corrected chi connectivity index (χ3v) is 4.30. The highest BCUT2D eigenvalue weighted by Crippen LogP contribution is 2.31. The molecule has 2 aromatic heterocycles. The fourth-order valence-electron chi connectivity index (χ4n) is 2.08. The van der Waals surface area contributed by atoms with Gasteiger partial charge in [0.25, 0.3) is 5.91 Å². The van der Waals surface area contributed by atoms with Gasteiger partial charge in [-0.2, -0.15) is 0 Å². The number of rotatable bonds is 2. The van der Waals surface area contributed by atoms with E-state index in [1.54, 1.807) is 24.5 Å². The predicted octanol–water partition coefficient (Wildman–Crippen LogP) is 4.65. The van der Waals surface area contributed by atoms with Gasteiger partial charge in [0, 0.05) is 23.3 Å². The van der Waals surface area contributed by atoms with Crippen LogP contribution in [-0.2, 0) is 0 Å². The standard InChI is InChI=1S/C15H10ClIN2O2/c1-8-9-3-2-4-10(16)14(9)21-13(8)15(20)19-12-5-6-18-7-11(12)17/h2-7H,1H3,(H,18,19,20). The fourth-order valence-corrected chi connectivity index (χ4v) is 2.77. The number of aryl methyl sites for hydroxylation is 1. The van der Waals surface area contributed by atoms with Crippen molar-refractivity contribution in [2.24, 2.45) is 0 Å². The predicted molar refractivity (Wildman–Crippen MR) is 90.9 cm³/mol. The van der Waals surface area contributed by atoms with E-state index >= 15 is 0 Å². The largest absolute Gasteiger partial charge is 0.449 e. The number of pyridine rings is 1. The maximum absolute atomic E-state index is 12.4. The SMILES string of the molecule is Cc1c(C(=O)Nc2ccncc2I)oc2c(Cl)cccc12. The molecule has 0 saturated carbocycles. The third kappa shape index (κ3) is 2.63. The minimum absolute atomic E-state index is 0.269. The van der Waals surface area contributed by atoms with Crippen LogP contribution in [0.2, 0.25) is 5.02 Å². The smallest absolute Gasteiger partial charge is 0.291 e. The Morgan fingerprint density at radius 3 is 2.90 bits per heavy atom. The molecule has 3 aromatic rings. The molecule has 106 valence electrons. The van der Waals surface area contributed by atoms with Crippen LogP contribution < -0.4 is 5.32 Å². The molecule has 1 aromatic carbocycles. The normalized spacial score (nSPS) is 10.8. The second kappa shape index (κ2) is 5.65. The Kier molecular flexibility index (Phi) is 3.86. The van der Waals surface area contributed by atoms with Crippen molar-refractivity contribution in [3.63, 3.8) is 0 Å². The molecule has 4 nitrogen and oxygen atoms in total. The van der Waals surface area contributed by atoms with Gasteiger partial charge in [-0.1, -0.05) is 23.7 Å². The van der Waals surface area contributed by atoms with Gasteiger partial charge in [-0.3, -0.25) is 9.78 Å². The molecule has 0 spiro atoms. The molecule has 0 aliphatic carbocycles. The summed E-state index contributed by atoms with van der Waals surface area (Å²) in [5.74, 6) is -0.0328. The van der Waals surface area contributed by atoms with Crippen LogP contribution in [0, 0.1) is 10.5 Å². The lowest BCUT2D eigenvalue weighted by molar-refractivity contribution is 0.0998. The Labute approximate surface area is 139 Å². The lowest BCUT2D eigenvalue weighted by atomic mass is 10.1. The minimum atomic E-state index is -0.302. The van der Waals surface area contributed by atoms with Crippen LogP contribution >= 0.6 is 34.2 Å². The summed E-state index contributed by atoms with van der Waals surface area (Å²) < 4.78 is 6.50. The van der Waals surface area contributed by atoms with E-state index in [9.17, 15) is 4.79 Å². The fraction of sp³-hybridized carbons (Fsp3) is 0.0667.